The first-order valence-corrected chi connectivity index (χ1v) is 10.4. The number of aromatic nitrogens is 4. The van der Waals surface area contributed by atoms with E-state index in [1.807, 2.05) is 31.7 Å². The average Bonchev–Trinajstić information content (AvgIpc) is 3.13. The van der Waals surface area contributed by atoms with Crippen molar-refractivity contribution in [3.8, 4) is 11.1 Å². The van der Waals surface area contributed by atoms with E-state index in [4.69, 9.17) is 0 Å². The lowest BCUT2D eigenvalue weighted by atomic mass is 9.89. The minimum atomic E-state index is -1.20. The summed E-state index contributed by atoms with van der Waals surface area (Å²) in [6.45, 7) is 5.17. The molecule has 1 saturated heterocycles. The molecule has 7 heteroatoms. The van der Waals surface area contributed by atoms with Crippen LogP contribution in [0.1, 0.15) is 32.4 Å². The van der Waals surface area contributed by atoms with Gasteiger partial charge in [0.1, 0.15) is 11.5 Å². The van der Waals surface area contributed by atoms with E-state index >= 15 is 0 Å². The van der Waals surface area contributed by atoms with E-state index in [2.05, 4.69) is 26.0 Å². The Morgan fingerprint density at radius 1 is 1.13 bits per heavy atom. The molecule has 30 heavy (non-hydrogen) atoms. The van der Waals surface area contributed by atoms with Crippen molar-refractivity contribution in [1.29, 1.82) is 0 Å². The van der Waals surface area contributed by atoms with Crippen molar-refractivity contribution in [1.82, 2.24) is 24.6 Å². The third kappa shape index (κ3) is 4.90. The second kappa shape index (κ2) is 8.22. The van der Waals surface area contributed by atoms with Crippen LogP contribution in [0.15, 0.2) is 36.9 Å². The lowest BCUT2D eigenvalue weighted by Gasteiger charge is -2.33. The van der Waals surface area contributed by atoms with Crippen molar-refractivity contribution in [2.75, 3.05) is 19.6 Å². The van der Waals surface area contributed by atoms with Crippen LogP contribution in [0.2, 0.25) is 0 Å². The minimum absolute atomic E-state index is 0.0290. The van der Waals surface area contributed by atoms with E-state index < -0.39 is 5.67 Å². The van der Waals surface area contributed by atoms with Gasteiger partial charge in [-0.3, -0.25) is 19.4 Å². The first-order valence-electron chi connectivity index (χ1n) is 10.4. The number of halogens is 1. The molecule has 158 valence electrons. The van der Waals surface area contributed by atoms with Crippen molar-refractivity contribution >= 4 is 16.7 Å². The molecule has 0 atom stereocenters. The normalized spacial score (nSPS) is 16.3. The number of hydrogen-bond acceptors (Lipinski definition) is 5. The van der Waals surface area contributed by atoms with Gasteiger partial charge in [-0.25, -0.2) is 4.39 Å². The lowest BCUT2D eigenvalue weighted by molar-refractivity contribution is -0.123. The zero-order valence-electron chi connectivity index (χ0n) is 17.8. The zero-order valence-corrected chi connectivity index (χ0v) is 17.8. The minimum Gasteiger partial charge on any atom is -0.300 e. The average molecular weight is 410 g/mol. The molecule has 0 aliphatic carbocycles. The summed E-state index contributed by atoms with van der Waals surface area (Å²) in [7, 11) is 1.88. The molecular formula is C23H28FN5O. The smallest absolute Gasteiger partial charge is 0.142 e. The van der Waals surface area contributed by atoms with Gasteiger partial charge in [-0.1, -0.05) is 0 Å². The summed E-state index contributed by atoms with van der Waals surface area (Å²) >= 11 is 0. The van der Waals surface area contributed by atoms with Crippen molar-refractivity contribution in [2.45, 2.75) is 38.8 Å². The largest absolute Gasteiger partial charge is 0.300 e. The number of carbonyl (C=O) groups excluding carboxylic acids is 1. The van der Waals surface area contributed by atoms with Crippen LogP contribution in [-0.4, -0.2) is 55.7 Å². The standard InChI is InChI=1S/C23H28FN5O/c1-23(2,24)15-29-6-4-16(5-7-29)22(30)10-20-9-17-8-18(11-26-21(17)13-25-20)19-12-27-28(3)14-19/h8-9,11-14,16H,4-7,10,15H2,1-3H3. The van der Waals surface area contributed by atoms with Gasteiger partial charge in [0.2, 0.25) is 0 Å². The van der Waals surface area contributed by atoms with Crippen LogP contribution in [0, 0.1) is 5.92 Å². The first-order chi connectivity index (χ1) is 14.3. The SMILES string of the molecule is Cn1cc(-c2cnc3cnc(CC(=O)C4CCN(CC(C)(C)F)CC4)cc3c2)cn1. The molecule has 0 amide bonds. The molecule has 0 unspecified atom stereocenters. The second-order valence-corrected chi connectivity index (χ2v) is 8.91. The van der Waals surface area contributed by atoms with Gasteiger partial charge in [0, 0.05) is 60.5 Å². The maximum absolute atomic E-state index is 13.9. The van der Waals surface area contributed by atoms with Crippen molar-refractivity contribution in [3.63, 3.8) is 0 Å². The molecule has 1 aliphatic heterocycles. The third-order valence-corrected chi connectivity index (χ3v) is 5.66. The highest BCUT2D eigenvalue weighted by molar-refractivity contribution is 5.86. The van der Waals surface area contributed by atoms with Crippen molar-refractivity contribution in [2.24, 2.45) is 13.0 Å². The number of likely N-dealkylation sites (tertiary alicyclic amines) is 1. The molecule has 0 bridgehead atoms. The Labute approximate surface area is 176 Å². The maximum Gasteiger partial charge on any atom is 0.142 e. The topological polar surface area (TPSA) is 63.9 Å². The molecule has 3 aromatic rings. The van der Waals surface area contributed by atoms with Crippen LogP contribution in [0.3, 0.4) is 0 Å². The summed E-state index contributed by atoms with van der Waals surface area (Å²) in [6.07, 6.45) is 9.21. The second-order valence-electron chi connectivity index (χ2n) is 8.91. The molecule has 0 aromatic carbocycles. The third-order valence-electron chi connectivity index (χ3n) is 5.66. The van der Waals surface area contributed by atoms with E-state index in [-0.39, 0.29) is 11.7 Å². The Hall–Kier alpha value is -2.67. The quantitative estimate of drug-likeness (QED) is 0.622. The fourth-order valence-corrected chi connectivity index (χ4v) is 4.17. The van der Waals surface area contributed by atoms with Crippen LogP contribution in [0.4, 0.5) is 4.39 Å². The number of piperidine rings is 1. The predicted molar refractivity (Wildman–Crippen MR) is 115 cm³/mol. The van der Waals surface area contributed by atoms with Crippen LogP contribution < -0.4 is 0 Å². The Kier molecular flexibility index (Phi) is 5.64. The number of nitrogens with zero attached hydrogens (tertiary/aromatic N) is 5. The van der Waals surface area contributed by atoms with Crippen LogP contribution in [-0.2, 0) is 18.3 Å². The van der Waals surface area contributed by atoms with Crippen LogP contribution in [0.25, 0.3) is 22.0 Å². The van der Waals surface area contributed by atoms with Gasteiger partial charge in [-0.15, -0.1) is 0 Å². The summed E-state index contributed by atoms with van der Waals surface area (Å²) in [5.74, 6) is 0.249. The fourth-order valence-electron chi connectivity index (χ4n) is 4.17. The van der Waals surface area contributed by atoms with Gasteiger partial charge in [-0.2, -0.15) is 5.10 Å². The number of pyridine rings is 2. The molecule has 0 radical (unpaired) electrons. The molecule has 3 aromatic heterocycles. The van der Waals surface area contributed by atoms with E-state index in [9.17, 15) is 9.18 Å². The molecule has 0 saturated carbocycles. The van der Waals surface area contributed by atoms with Gasteiger partial charge in [0.05, 0.1) is 17.9 Å². The zero-order chi connectivity index (χ0) is 21.3. The highest BCUT2D eigenvalue weighted by Crippen LogP contribution is 2.24. The molecule has 0 spiro atoms. The number of hydrogen-bond donors (Lipinski definition) is 0. The molecule has 6 nitrogen and oxygen atoms in total. The lowest BCUT2D eigenvalue weighted by Crippen LogP contribution is -2.42. The Morgan fingerprint density at radius 3 is 2.57 bits per heavy atom. The Morgan fingerprint density at radius 2 is 1.90 bits per heavy atom. The highest BCUT2D eigenvalue weighted by Gasteiger charge is 2.28. The monoisotopic (exact) mass is 409 g/mol. The van der Waals surface area contributed by atoms with Crippen molar-refractivity contribution in [3.05, 3.63) is 42.6 Å². The molecule has 1 fully saturated rings. The molecule has 1 aliphatic rings. The molecule has 4 rings (SSSR count). The number of ketones is 1. The number of aryl methyl sites for hydroxylation is 1. The van der Waals surface area contributed by atoms with Crippen LogP contribution in [0.5, 0.6) is 0 Å². The fraction of sp³-hybridized carbons (Fsp3) is 0.478. The Balaban J connectivity index is 1.43. The van der Waals surface area contributed by atoms with E-state index in [1.165, 1.54) is 0 Å². The van der Waals surface area contributed by atoms with Crippen molar-refractivity contribution < 1.29 is 9.18 Å². The van der Waals surface area contributed by atoms with E-state index in [0.29, 0.717) is 13.0 Å². The summed E-state index contributed by atoms with van der Waals surface area (Å²) in [4.78, 5) is 23.9. The maximum atomic E-state index is 13.9. The highest BCUT2D eigenvalue weighted by atomic mass is 19.1. The summed E-state index contributed by atoms with van der Waals surface area (Å²) in [5, 5.41) is 5.18. The summed E-state index contributed by atoms with van der Waals surface area (Å²) < 4.78 is 15.6. The molecule has 0 N–H and O–H groups in total. The van der Waals surface area contributed by atoms with Gasteiger partial charge in [0.25, 0.3) is 0 Å². The number of carbonyl (C=O) groups is 1. The van der Waals surface area contributed by atoms with Crippen LogP contribution >= 0.6 is 0 Å². The summed E-state index contributed by atoms with van der Waals surface area (Å²) in [6, 6.07) is 4.02. The van der Waals surface area contributed by atoms with E-state index in [0.717, 1.165) is 53.7 Å². The number of alkyl halides is 1. The number of Topliss-reactive ketones (excluding diaryl/α,β-unsaturated/α-hetero) is 1. The molecule has 4 heterocycles. The Bertz CT molecular complexity index is 1050. The summed E-state index contributed by atoms with van der Waals surface area (Å²) in [5.41, 5.74) is 2.37. The first kappa shape index (κ1) is 20.6. The number of fused-ring (bicyclic) bond motifs is 1. The predicted octanol–water partition coefficient (Wildman–Crippen LogP) is 3.60. The van der Waals surface area contributed by atoms with E-state index in [1.54, 1.807) is 24.7 Å². The number of rotatable bonds is 6. The van der Waals surface area contributed by atoms with Gasteiger partial charge in [0.15, 0.2) is 0 Å². The van der Waals surface area contributed by atoms with Gasteiger partial charge >= 0.3 is 0 Å². The molecular weight excluding hydrogens is 381 g/mol. The van der Waals surface area contributed by atoms with Gasteiger partial charge in [-0.05, 0) is 51.9 Å². The van der Waals surface area contributed by atoms with Gasteiger partial charge < -0.3 is 4.90 Å².